The summed E-state index contributed by atoms with van der Waals surface area (Å²) in [7, 11) is 2.41. The number of amides is 1. The van der Waals surface area contributed by atoms with E-state index in [1.54, 1.807) is 12.1 Å². The number of halogens is 2. The number of nitrogens with zero attached hydrogens (tertiary/aromatic N) is 1. The molecule has 1 amide bonds. The van der Waals surface area contributed by atoms with Gasteiger partial charge < -0.3 is 16.2 Å². The van der Waals surface area contributed by atoms with Gasteiger partial charge in [0.2, 0.25) is 0 Å². The number of aryl methyl sites for hydroxylation is 1. The molecule has 1 rings (SSSR count). The first kappa shape index (κ1) is 29.6. The van der Waals surface area contributed by atoms with Gasteiger partial charge in [-0.25, -0.2) is 5.01 Å². The van der Waals surface area contributed by atoms with Crippen molar-refractivity contribution < 1.29 is 19.4 Å². The van der Waals surface area contributed by atoms with E-state index in [0.29, 0.717) is 22.4 Å². The SMILES string of the molecule is CCC(N)[C@@H](O)CN(Cc1ccc(C)cc1)NC(=O)C(NC)C(C)(C)C.[I][V][I]. The van der Waals surface area contributed by atoms with E-state index in [4.69, 9.17) is 5.73 Å². The number of hydrazine groups is 1. The van der Waals surface area contributed by atoms with Crippen molar-refractivity contribution in [2.24, 2.45) is 11.1 Å². The Balaban J connectivity index is 0.00000245. The van der Waals surface area contributed by atoms with Crippen LogP contribution >= 0.6 is 40.0 Å². The van der Waals surface area contributed by atoms with Crippen LogP contribution < -0.4 is 16.5 Å². The van der Waals surface area contributed by atoms with E-state index >= 15 is 0 Å². The van der Waals surface area contributed by atoms with Crippen molar-refractivity contribution in [3.05, 3.63) is 35.4 Å². The molecule has 0 saturated heterocycles. The van der Waals surface area contributed by atoms with Gasteiger partial charge in [0, 0.05) is 19.1 Å². The number of rotatable bonds is 9. The number of likely N-dealkylation sites (N-methyl/N-ethyl adjacent to an activating group) is 1. The normalized spacial score (nSPS) is 14.4. The average Bonchev–Trinajstić information content (AvgIpc) is 2.62. The molecule has 0 fully saturated rings. The van der Waals surface area contributed by atoms with Crippen molar-refractivity contribution in [2.45, 2.75) is 65.8 Å². The van der Waals surface area contributed by atoms with Crippen molar-refractivity contribution in [3.63, 3.8) is 0 Å². The molecule has 0 radical (unpaired) electrons. The second-order valence-corrected chi connectivity index (χ2v) is 19.9. The first-order valence-corrected chi connectivity index (χ1v) is 18.6. The second-order valence-electron chi connectivity index (χ2n) is 8.13. The topological polar surface area (TPSA) is 90.6 Å². The first-order valence-electron chi connectivity index (χ1n) is 9.64. The van der Waals surface area contributed by atoms with Crippen molar-refractivity contribution in [2.75, 3.05) is 13.6 Å². The predicted molar refractivity (Wildman–Crippen MR) is 134 cm³/mol. The molecular weight excluding hydrogens is 633 g/mol. The van der Waals surface area contributed by atoms with E-state index in [0.717, 1.165) is 5.56 Å². The standard InChI is InChI=1S/C20H36N4O2.2HI.V/c1-7-16(21)17(25)13-24(12-15-10-8-14(2)9-11-15)23-19(26)18(22-6)20(3,4)5;;;/h8-11,16-18,22,25H,7,12-13,21H2,1-6H3,(H,23,26);2*1H;/q;;;+2/p-2/t16?,17-,18?;;;/m0.../s1. The summed E-state index contributed by atoms with van der Waals surface area (Å²) in [6.45, 7) is 10.8. The fraction of sp³-hybridized carbons (Fsp3) is 0.650. The van der Waals surface area contributed by atoms with E-state index < -0.39 is 6.10 Å². The van der Waals surface area contributed by atoms with Crippen LogP contribution in [0.25, 0.3) is 0 Å². The van der Waals surface area contributed by atoms with Gasteiger partial charge >= 0.3 is 49.4 Å². The summed E-state index contributed by atoms with van der Waals surface area (Å²) in [4.78, 5) is 12.8. The number of benzene rings is 1. The van der Waals surface area contributed by atoms with Crippen LogP contribution in [-0.4, -0.2) is 47.8 Å². The summed E-state index contributed by atoms with van der Waals surface area (Å²) in [6.07, 6.45) is -0.0392. The summed E-state index contributed by atoms with van der Waals surface area (Å²) in [5.41, 5.74) is 10.9. The average molecular weight is 669 g/mol. The Hall–Kier alpha value is 0.574. The Morgan fingerprint density at radius 2 is 1.79 bits per heavy atom. The zero-order valence-electron chi connectivity index (χ0n) is 18.2. The monoisotopic (exact) mass is 669 g/mol. The molecule has 0 saturated carbocycles. The Labute approximate surface area is 205 Å². The molecule has 5 N–H and O–H groups in total. The quantitative estimate of drug-likeness (QED) is 0.240. The van der Waals surface area contributed by atoms with Gasteiger partial charge in [0.1, 0.15) is 0 Å². The van der Waals surface area contributed by atoms with Crippen LogP contribution in [0.2, 0.25) is 0 Å². The Kier molecular flexibility index (Phi) is 15.7. The van der Waals surface area contributed by atoms with Crippen molar-refractivity contribution in [1.82, 2.24) is 15.8 Å². The fourth-order valence-corrected chi connectivity index (χ4v) is 2.87. The molecule has 9 heteroatoms. The van der Waals surface area contributed by atoms with E-state index in [1.807, 2.05) is 58.9 Å². The van der Waals surface area contributed by atoms with Gasteiger partial charge in [0.15, 0.2) is 0 Å². The number of nitrogens with two attached hydrogens (primary N) is 1. The second kappa shape index (κ2) is 15.4. The predicted octanol–water partition coefficient (Wildman–Crippen LogP) is 3.33. The number of hydrogen-bond donors (Lipinski definition) is 4. The number of aliphatic hydroxyl groups excluding tert-OH is 1. The van der Waals surface area contributed by atoms with Gasteiger partial charge in [-0.05, 0) is 31.4 Å². The van der Waals surface area contributed by atoms with E-state index in [-0.39, 0.29) is 30.0 Å². The maximum absolute atomic E-state index is 12.8. The van der Waals surface area contributed by atoms with Gasteiger partial charge in [-0.15, -0.1) is 0 Å². The Morgan fingerprint density at radius 1 is 1.28 bits per heavy atom. The van der Waals surface area contributed by atoms with Crippen LogP contribution in [-0.2, 0) is 20.8 Å². The molecule has 0 spiro atoms. The van der Waals surface area contributed by atoms with Crippen LogP contribution in [0.5, 0.6) is 0 Å². The number of nitrogens with one attached hydrogen (secondary N) is 2. The van der Waals surface area contributed by atoms with E-state index in [9.17, 15) is 9.90 Å². The molecule has 0 heterocycles. The molecule has 1 aromatic rings. The van der Waals surface area contributed by atoms with Crippen LogP contribution in [0.1, 0.15) is 45.2 Å². The van der Waals surface area contributed by atoms with E-state index in [2.05, 4.69) is 50.7 Å². The van der Waals surface area contributed by atoms with Crippen LogP contribution in [0.4, 0.5) is 0 Å². The minimum atomic E-state index is -0.714. The number of carbonyl (C=O) groups is 1. The summed E-state index contributed by atoms with van der Waals surface area (Å²) in [5.74, 6) is -0.121. The number of aliphatic hydroxyl groups is 1. The van der Waals surface area contributed by atoms with Crippen molar-refractivity contribution >= 4 is 45.9 Å². The third kappa shape index (κ3) is 12.3. The fourth-order valence-electron chi connectivity index (χ4n) is 2.87. The Bertz CT molecular complexity index is 585. The number of hydrogen-bond acceptors (Lipinski definition) is 5. The molecule has 29 heavy (non-hydrogen) atoms. The Morgan fingerprint density at radius 3 is 2.21 bits per heavy atom. The first-order chi connectivity index (χ1) is 13.5. The summed E-state index contributed by atoms with van der Waals surface area (Å²) in [6, 6.07) is 7.46. The number of carbonyl (C=O) groups excluding carboxylic acids is 1. The molecule has 0 bridgehead atoms. The minimum absolute atomic E-state index is 0.121. The molecule has 1 aromatic carbocycles. The van der Waals surface area contributed by atoms with Crippen molar-refractivity contribution in [3.8, 4) is 0 Å². The van der Waals surface area contributed by atoms with E-state index in [1.165, 1.54) is 5.56 Å². The third-order valence-electron chi connectivity index (χ3n) is 4.55. The molecule has 3 atom stereocenters. The van der Waals surface area contributed by atoms with Gasteiger partial charge in [-0.2, -0.15) is 0 Å². The van der Waals surface area contributed by atoms with Gasteiger partial charge in [-0.3, -0.25) is 10.2 Å². The molecule has 0 aliphatic carbocycles. The van der Waals surface area contributed by atoms with Crippen LogP contribution in [0, 0.1) is 12.3 Å². The zero-order valence-corrected chi connectivity index (χ0v) is 24.0. The molecule has 167 valence electrons. The summed E-state index contributed by atoms with van der Waals surface area (Å²) in [5, 5.41) is 15.2. The van der Waals surface area contributed by atoms with Crippen LogP contribution in [0.3, 0.4) is 0 Å². The summed E-state index contributed by atoms with van der Waals surface area (Å²) < 4.78 is 0. The molecule has 2 unspecified atom stereocenters. The van der Waals surface area contributed by atoms with Crippen molar-refractivity contribution in [1.29, 1.82) is 0 Å². The van der Waals surface area contributed by atoms with Crippen LogP contribution in [0.15, 0.2) is 24.3 Å². The molecular formula is C20H36I2N4O2V. The zero-order chi connectivity index (χ0) is 22.6. The third-order valence-corrected chi connectivity index (χ3v) is 4.55. The van der Waals surface area contributed by atoms with Gasteiger partial charge in [0.25, 0.3) is 5.91 Å². The molecule has 0 aromatic heterocycles. The molecule has 0 aliphatic rings. The maximum atomic E-state index is 12.8. The van der Waals surface area contributed by atoms with Gasteiger partial charge in [0.05, 0.1) is 12.1 Å². The molecule has 6 nitrogen and oxygen atoms in total. The van der Waals surface area contributed by atoms with Gasteiger partial charge in [-0.1, -0.05) is 57.5 Å². The molecule has 0 aliphatic heterocycles. The summed E-state index contributed by atoms with van der Waals surface area (Å²) >= 11 is 4.74.